The van der Waals surface area contributed by atoms with Gasteiger partial charge in [-0.1, -0.05) is 121 Å². The third-order valence-corrected chi connectivity index (χ3v) is 12.1. The SMILES string of the molecule is c1ccc(-c2nc3c(nc2-n2c4ccccc4c4cc5ccccc5cc42)sc2cc(-c4cccc5c4sc4ccccc45)ccc23)cc1. The van der Waals surface area contributed by atoms with Gasteiger partial charge in [0.2, 0.25) is 0 Å². The maximum atomic E-state index is 5.51. The van der Waals surface area contributed by atoms with Crippen LogP contribution >= 0.6 is 22.7 Å². The van der Waals surface area contributed by atoms with Crippen molar-refractivity contribution in [1.82, 2.24) is 14.5 Å². The van der Waals surface area contributed by atoms with Crippen LogP contribution in [0.25, 0.3) is 101 Å². The van der Waals surface area contributed by atoms with Crippen LogP contribution in [0.3, 0.4) is 0 Å². The number of hydrogen-bond acceptors (Lipinski definition) is 4. The van der Waals surface area contributed by atoms with E-state index in [1.165, 1.54) is 57.5 Å². The molecule has 5 heteroatoms. The van der Waals surface area contributed by atoms with Crippen LogP contribution in [0.5, 0.6) is 0 Å². The van der Waals surface area contributed by atoms with Crippen molar-refractivity contribution in [3.05, 3.63) is 152 Å². The van der Waals surface area contributed by atoms with Gasteiger partial charge < -0.3 is 0 Å². The molecule has 0 aliphatic heterocycles. The largest absolute Gasteiger partial charge is 0.292 e. The highest BCUT2D eigenvalue weighted by molar-refractivity contribution is 7.26. The minimum absolute atomic E-state index is 0.849. The molecule has 0 aliphatic rings. The smallest absolute Gasteiger partial charge is 0.166 e. The van der Waals surface area contributed by atoms with Crippen LogP contribution in [0, 0.1) is 0 Å². The Labute approximate surface area is 289 Å². The van der Waals surface area contributed by atoms with Crippen LogP contribution in [0.15, 0.2) is 152 Å². The van der Waals surface area contributed by atoms with Crippen LogP contribution in [0.4, 0.5) is 0 Å². The summed E-state index contributed by atoms with van der Waals surface area (Å²) in [5.41, 5.74) is 7.61. The molecular formula is C44H25N3S2. The van der Waals surface area contributed by atoms with Crippen LogP contribution in [-0.2, 0) is 0 Å². The van der Waals surface area contributed by atoms with Gasteiger partial charge in [0.25, 0.3) is 0 Å². The Morgan fingerprint density at radius 3 is 2.10 bits per heavy atom. The lowest BCUT2D eigenvalue weighted by molar-refractivity contribution is 1.09. The van der Waals surface area contributed by atoms with Crippen LogP contribution in [0.2, 0.25) is 0 Å². The summed E-state index contributed by atoms with van der Waals surface area (Å²) >= 11 is 3.60. The molecule has 0 fully saturated rings. The van der Waals surface area contributed by atoms with E-state index in [2.05, 4.69) is 156 Å². The number of para-hydroxylation sites is 1. The summed E-state index contributed by atoms with van der Waals surface area (Å²) in [7, 11) is 0. The molecule has 0 aliphatic carbocycles. The van der Waals surface area contributed by atoms with E-state index in [0.29, 0.717) is 0 Å². The van der Waals surface area contributed by atoms with E-state index in [4.69, 9.17) is 9.97 Å². The highest BCUT2D eigenvalue weighted by atomic mass is 32.1. The molecule has 0 N–H and O–H groups in total. The van der Waals surface area contributed by atoms with Gasteiger partial charge in [0.15, 0.2) is 5.82 Å². The first-order chi connectivity index (χ1) is 24.3. The fourth-order valence-electron chi connectivity index (χ4n) is 7.54. The van der Waals surface area contributed by atoms with Crippen molar-refractivity contribution >= 4 is 95.9 Å². The maximum absolute atomic E-state index is 5.51. The Balaban J connectivity index is 1.19. The molecule has 228 valence electrons. The number of rotatable bonds is 3. The summed E-state index contributed by atoms with van der Waals surface area (Å²) in [6.07, 6.45) is 0. The monoisotopic (exact) mass is 659 g/mol. The predicted octanol–water partition coefficient (Wildman–Crippen LogP) is 12.8. The van der Waals surface area contributed by atoms with Crippen molar-refractivity contribution in [1.29, 1.82) is 0 Å². The van der Waals surface area contributed by atoms with Gasteiger partial charge in [-0.25, -0.2) is 9.97 Å². The van der Waals surface area contributed by atoms with Crippen LogP contribution in [-0.4, -0.2) is 14.5 Å². The topological polar surface area (TPSA) is 30.7 Å². The third-order valence-electron chi connectivity index (χ3n) is 9.80. The van der Waals surface area contributed by atoms with Crippen molar-refractivity contribution in [2.24, 2.45) is 0 Å². The Kier molecular flexibility index (Phi) is 5.70. The molecule has 0 saturated heterocycles. The molecule has 7 aromatic carbocycles. The number of benzene rings is 7. The number of nitrogens with zero attached hydrogens (tertiary/aromatic N) is 3. The van der Waals surface area contributed by atoms with Crippen molar-refractivity contribution in [2.75, 3.05) is 0 Å². The van der Waals surface area contributed by atoms with E-state index in [-0.39, 0.29) is 0 Å². The van der Waals surface area contributed by atoms with Gasteiger partial charge in [0.1, 0.15) is 16.0 Å². The number of thiophene rings is 2. The second-order valence-corrected chi connectivity index (χ2v) is 14.7. The molecule has 0 unspecified atom stereocenters. The van der Waals surface area contributed by atoms with Gasteiger partial charge >= 0.3 is 0 Å². The summed E-state index contributed by atoms with van der Waals surface area (Å²) in [6, 6.07) is 54.6. The minimum atomic E-state index is 0.849. The summed E-state index contributed by atoms with van der Waals surface area (Å²) in [5, 5.41) is 8.63. The van der Waals surface area contributed by atoms with E-state index in [1.807, 2.05) is 11.3 Å². The molecule has 4 aromatic heterocycles. The Bertz CT molecular complexity index is 3110. The lowest BCUT2D eigenvalue weighted by atomic mass is 10.0. The van der Waals surface area contributed by atoms with Gasteiger partial charge in [-0.05, 0) is 52.2 Å². The zero-order valence-electron chi connectivity index (χ0n) is 26.1. The van der Waals surface area contributed by atoms with Crippen LogP contribution in [0.1, 0.15) is 0 Å². The maximum Gasteiger partial charge on any atom is 0.166 e. The lowest BCUT2D eigenvalue weighted by Crippen LogP contribution is -2.02. The third kappa shape index (κ3) is 4.00. The molecule has 3 nitrogen and oxygen atoms in total. The fourth-order valence-corrected chi connectivity index (χ4v) is 9.83. The highest BCUT2D eigenvalue weighted by Gasteiger charge is 2.22. The minimum Gasteiger partial charge on any atom is -0.292 e. The molecule has 11 aromatic rings. The van der Waals surface area contributed by atoms with E-state index in [0.717, 1.165) is 43.8 Å². The van der Waals surface area contributed by atoms with E-state index >= 15 is 0 Å². The summed E-state index contributed by atoms with van der Waals surface area (Å²) in [4.78, 5) is 11.9. The molecule has 49 heavy (non-hydrogen) atoms. The Hall–Kier alpha value is -5.88. The van der Waals surface area contributed by atoms with Gasteiger partial charge in [-0.15, -0.1) is 22.7 Å². The van der Waals surface area contributed by atoms with E-state index < -0.39 is 0 Å². The molecule has 0 amide bonds. The molecule has 0 radical (unpaired) electrons. The molecular weight excluding hydrogens is 635 g/mol. The summed E-state index contributed by atoms with van der Waals surface area (Å²) in [5.74, 6) is 0.849. The molecule has 0 saturated carbocycles. The molecule has 0 spiro atoms. The van der Waals surface area contributed by atoms with Crippen LogP contribution < -0.4 is 0 Å². The molecule has 4 heterocycles. The normalized spacial score (nSPS) is 12.1. The Morgan fingerprint density at radius 1 is 0.449 bits per heavy atom. The lowest BCUT2D eigenvalue weighted by Gasteiger charge is -2.13. The number of aromatic nitrogens is 3. The second kappa shape index (κ2) is 10.3. The standard InChI is InChI=1S/C44H25N3S2/c1-2-11-26(12-3-1)40-43(47-36-19-8-6-15-31(36)35-23-27-13-4-5-14-28(27)24-37(35)47)46-44-41(45-40)34-22-21-29(25-39(34)49-44)30-17-10-18-33-32-16-7-9-20-38(32)48-42(30)33/h1-25H. The average molecular weight is 660 g/mol. The Morgan fingerprint density at radius 2 is 1.20 bits per heavy atom. The first-order valence-electron chi connectivity index (χ1n) is 16.4. The van der Waals surface area contributed by atoms with Crippen molar-refractivity contribution in [3.8, 4) is 28.2 Å². The molecule has 0 bridgehead atoms. The van der Waals surface area contributed by atoms with Gasteiger partial charge in [-0.2, -0.15) is 0 Å². The quantitative estimate of drug-likeness (QED) is 0.189. The van der Waals surface area contributed by atoms with Crippen molar-refractivity contribution in [3.63, 3.8) is 0 Å². The average Bonchev–Trinajstić information content (AvgIpc) is 3.82. The first-order valence-corrected chi connectivity index (χ1v) is 18.0. The van der Waals surface area contributed by atoms with Gasteiger partial charge in [0.05, 0.1) is 11.0 Å². The van der Waals surface area contributed by atoms with E-state index in [1.54, 1.807) is 11.3 Å². The molecule has 0 atom stereocenters. The fraction of sp³-hybridized carbons (Fsp3) is 0. The summed E-state index contributed by atoms with van der Waals surface area (Å²) < 4.78 is 6.16. The van der Waals surface area contributed by atoms with Crippen molar-refractivity contribution in [2.45, 2.75) is 0 Å². The van der Waals surface area contributed by atoms with Gasteiger partial charge in [0, 0.05) is 46.6 Å². The number of hydrogen-bond donors (Lipinski definition) is 0. The predicted molar refractivity (Wildman–Crippen MR) is 211 cm³/mol. The number of fused-ring (bicyclic) bond motifs is 10. The zero-order valence-corrected chi connectivity index (χ0v) is 27.7. The van der Waals surface area contributed by atoms with Gasteiger partial charge in [-0.3, -0.25) is 4.57 Å². The first kappa shape index (κ1) is 27.1. The zero-order chi connectivity index (χ0) is 32.1. The summed E-state index contributed by atoms with van der Waals surface area (Å²) in [6.45, 7) is 0. The highest BCUT2D eigenvalue weighted by Crippen LogP contribution is 2.43. The van der Waals surface area contributed by atoms with Crippen molar-refractivity contribution < 1.29 is 0 Å². The second-order valence-electron chi connectivity index (χ2n) is 12.6. The van der Waals surface area contributed by atoms with E-state index in [9.17, 15) is 0 Å². The molecule has 11 rings (SSSR count).